The molecule has 2 aliphatic heterocycles. The predicted molar refractivity (Wildman–Crippen MR) is 85.9 cm³/mol. The summed E-state index contributed by atoms with van der Waals surface area (Å²) in [4.78, 5) is 15.5. The molecular formula is C14H20N4O3S. The lowest BCUT2D eigenvalue weighted by molar-refractivity contribution is 0.145. The van der Waals surface area contributed by atoms with Crippen LogP contribution in [0.5, 0.6) is 0 Å². The minimum absolute atomic E-state index is 0.250. The van der Waals surface area contributed by atoms with Crippen molar-refractivity contribution in [2.75, 3.05) is 47.5 Å². The number of anilines is 2. The van der Waals surface area contributed by atoms with E-state index in [-0.39, 0.29) is 12.2 Å². The first-order chi connectivity index (χ1) is 10.5. The number of nitrogens with two attached hydrogens (primary N) is 1. The number of hydrogen-bond donors (Lipinski definition) is 2. The van der Waals surface area contributed by atoms with Gasteiger partial charge in [0.1, 0.15) is 6.10 Å². The molecule has 7 nitrogen and oxygen atoms in total. The molecule has 2 saturated heterocycles. The van der Waals surface area contributed by atoms with Crippen LogP contribution in [0.15, 0.2) is 24.3 Å². The summed E-state index contributed by atoms with van der Waals surface area (Å²) in [6.07, 6.45) is -0.616. The molecule has 8 heteroatoms. The van der Waals surface area contributed by atoms with Gasteiger partial charge in [-0.25, -0.2) is 9.00 Å². The van der Waals surface area contributed by atoms with E-state index in [0.29, 0.717) is 37.7 Å². The van der Waals surface area contributed by atoms with E-state index in [0.717, 1.165) is 11.4 Å². The second-order valence-corrected chi connectivity index (χ2v) is 8.02. The van der Waals surface area contributed by atoms with Crippen LogP contribution in [0.1, 0.15) is 0 Å². The summed E-state index contributed by atoms with van der Waals surface area (Å²) in [5.74, 6) is 0.816. The van der Waals surface area contributed by atoms with E-state index in [1.165, 1.54) is 0 Å². The molecule has 0 aromatic heterocycles. The van der Waals surface area contributed by atoms with Crippen LogP contribution in [0.4, 0.5) is 16.2 Å². The Morgan fingerprint density at radius 2 is 1.82 bits per heavy atom. The molecule has 2 aliphatic rings. The molecular weight excluding hydrogens is 304 g/mol. The quantitative estimate of drug-likeness (QED) is 0.858. The SMILES string of the molecule is N=S1(=O)CCN(c2ccc(N3C[C@H](CN)OC3=O)cc2)CC1. The van der Waals surface area contributed by atoms with Gasteiger partial charge in [0, 0.05) is 52.2 Å². The maximum absolute atomic E-state index is 11.8. The van der Waals surface area contributed by atoms with Crippen molar-refractivity contribution in [1.29, 1.82) is 4.78 Å². The molecule has 0 spiro atoms. The summed E-state index contributed by atoms with van der Waals surface area (Å²) >= 11 is 0. The molecule has 2 heterocycles. The molecule has 3 N–H and O–H groups in total. The Hall–Kier alpha value is -1.80. The van der Waals surface area contributed by atoms with Crippen molar-refractivity contribution in [3.63, 3.8) is 0 Å². The normalized spacial score (nSPS) is 24.4. The van der Waals surface area contributed by atoms with Gasteiger partial charge in [-0.15, -0.1) is 0 Å². The van der Waals surface area contributed by atoms with Crippen LogP contribution in [-0.2, 0) is 14.5 Å². The van der Waals surface area contributed by atoms with E-state index in [9.17, 15) is 9.00 Å². The van der Waals surface area contributed by atoms with Gasteiger partial charge < -0.3 is 15.4 Å². The predicted octanol–water partition coefficient (Wildman–Crippen LogP) is 0.837. The van der Waals surface area contributed by atoms with Crippen LogP contribution in [0.3, 0.4) is 0 Å². The molecule has 0 unspecified atom stereocenters. The maximum atomic E-state index is 11.8. The Labute approximate surface area is 130 Å². The zero-order valence-electron chi connectivity index (χ0n) is 12.2. The van der Waals surface area contributed by atoms with Gasteiger partial charge in [0.05, 0.1) is 6.54 Å². The minimum atomic E-state index is -2.38. The highest BCUT2D eigenvalue weighted by Gasteiger charge is 2.31. The summed E-state index contributed by atoms with van der Waals surface area (Å²) in [5, 5.41) is 0. The lowest BCUT2D eigenvalue weighted by atomic mass is 10.2. The van der Waals surface area contributed by atoms with Gasteiger partial charge in [0.25, 0.3) is 0 Å². The number of cyclic esters (lactones) is 1. The Balaban J connectivity index is 1.70. The van der Waals surface area contributed by atoms with Crippen molar-refractivity contribution in [1.82, 2.24) is 0 Å². The van der Waals surface area contributed by atoms with Crippen molar-refractivity contribution in [2.45, 2.75) is 6.10 Å². The molecule has 1 atom stereocenters. The first-order valence-corrected chi connectivity index (χ1v) is 9.15. The number of carbonyl (C=O) groups excluding carboxylic acids is 1. The summed E-state index contributed by atoms with van der Waals surface area (Å²) in [6, 6.07) is 7.63. The molecule has 22 heavy (non-hydrogen) atoms. The number of hydrogen-bond acceptors (Lipinski definition) is 6. The topological polar surface area (TPSA) is 99.7 Å². The van der Waals surface area contributed by atoms with Gasteiger partial charge in [0.2, 0.25) is 0 Å². The first kappa shape index (κ1) is 15.1. The van der Waals surface area contributed by atoms with E-state index >= 15 is 0 Å². The monoisotopic (exact) mass is 324 g/mol. The number of nitrogens with one attached hydrogen (secondary N) is 1. The summed E-state index contributed by atoms with van der Waals surface area (Å²) in [5.41, 5.74) is 7.33. The average Bonchev–Trinajstić information content (AvgIpc) is 2.89. The fraction of sp³-hybridized carbons (Fsp3) is 0.500. The third-order valence-electron chi connectivity index (χ3n) is 4.05. The van der Waals surface area contributed by atoms with Gasteiger partial charge in [-0.05, 0) is 24.3 Å². The van der Waals surface area contributed by atoms with Crippen molar-refractivity contribution in [2.24, 2.45) is 5.73 Å². The molecule has 0 radical (unpaired) electrons. The van der Waals surface area contributed by atoms with Crippen LogP contribution in [0.25, 0.3) is 0 Å². The van der Waals surface area contributed by atoms with Gasteiger partial charge >= 0.3 is 6.09 Å². The van der Waals surface area contributed by atoms with Crippen LogP contribution in [-0.4, -0.2) is 54.1 Å². The second kappa shape index (κ2) is 5.77. The maximum Gasteiger partial charge on any atom is 0.414 e. The van der Waals surface area contributed by atoms with Gasteiger partial charge in [-0.2, -0.15) is 0 Å². The van der Waals surface area contributed by atoms with Crippen molar-refractivity contribution in [3.8, 4) is 0 Å². The second-order valence-electron chi connectivity index (χ2n) is 5.58. The van der Waals surface area contributed by atoms with Crippen molar-refractivity contribution >= 4 is 27.2 Å². The van der Waals surface area contributed by atoms with Gasteiger partial charge in [0.15, 0.2) is 0 Å². The van der Waals surface area contributed by atoms with E-state index in [1.807, 2.05) is 24.3 Å². The van der Waals surface area contributed by atoms with Crippen LogP contribution in [0.2, 0.25) is 0 Å². The third-order valence-corrected chi connectivity index (χ3v) is 5.73. The molecule has 3 rings (SSSR count). The van der Waals surface area contributed by atoms with Gasteiger partial charge in [-0.1, -0.05) is 0 Å². The lowest BCUT2D eigenvalue weighted by Crippen LogP contribution is -2.39. The van der Waals surface area contributed by atoms with Crippen LogP contribution in [0, 0.1) is 4.78 Å². The Kier molecular flexibility index (Phi) is 3.96. The van der Waals surface area contributed by atoms with Crippen molar-refractivity contribution < 1.29 is 13.7 Å². The van der Waals surface area contributed by atoms with E-state index in [1.54, 1.807) is 4.90 Å². The van der Waals surface area contributed by atoms with Crippen LogP contribution >= 0.6 is 0 Å². The number of amides is 1. The minimum Gasteiger partial charge on any atom is -0.443 e. The smallest absolute Gasteiger partial charge is 0.414 e. The Morgan fingerprint density at radius 1 is 1.23 bits per heavy atom. The average molecular weight is 324 g/mol. The fourth-order valence-electron chi connectivity index (χ4n) is 2.69. The number of nitrogens with zero attached hydrogens (tertiary/aromatic N) is 2. The highest BCUT2D eigenvalue weighted by Crippen LogP contribution is 2.25. The third kappa shape index (κ3) is 3.02. The fourth-order valence-corrected chi connectivity index (χ4v) is 3.92. The van der Waals surface area contributed by atoms with Crippen LogP contribution < -0.4 is 15.5 Å². The summed E-state index contributed by atoms with van der Waals surface area (Å²) in [7, 11) is -2.38. The number of benzene rings is 1. The molecule has 1 aromatic carbocycles. The molecule has 1 aromatic rings. The summed E-state index contributed by atoms with van der Waals surface area (Å²) < 4.78 is 24.4. The molecule has 0 bridgehead atoms. The number of rotatable bonds is 3. The number of carbonyl (C=O) groups is 1. The standard InChI is InChI=1S/C14H20N4O3S/c15-9-13-10-18(14(19)21-13)12-3-1-11(2-4-12)17-5-7-22(16,20)8-6-17/h1-4,13,16H,5-10,15H2/t13-/m0/s1. The molecule has 0 aliphatic carbocycles. The van der Waals surface area contributed by atoms with Gasteiger partial charge in [-0.3, -0.25) is 9.68 Å². The lowest BCUT2D eigenvalue weighted by Gasteiger charge is -2.30. The highest BCUT2D eigenvalue weighted by molar-refractivity contribution is 7.92. The Morgan fingerprint density at radius 3 is 2.36 bits per heavy atom. The molecule has 0 saturated carbocycles. The van der Waals surface area contributed by atoms with E-state index in [4.69, 9.17) is 15.3 Å². The zero-order valence-corrected chi connectivity index (χ0v) is 13.1. The number of ether oxygens (including phenoxy) is 1. The Bertz CT molecular complexity index is 645. The molecule has 120 valence electrons. The molecule has 2 fully saturated rings. The largest absolute Gasteiger partial charge is 0.443 e. The molecule has 1 amide bonds. The highest BCUT2D eigenvalue weighted by atomic mass is 32.2. The van der Waals surface area contributed by atoms with Crippen molar-refractivity contribution in [3.05, 3.63) is 24.3 Å². The summed E-state index contributed by atoms with van der Waals surface area (Å²) in [6.45, 7) is 2.05. The van der Waals surface area contributed by atoms with E-state index in [2.05, 4.69) is 4.90 Å². The van der Waals surface area contributed by atoms with E-state index < -0.39 is 9.73 Å². The zero-order chi connectivity index (χ0) is 15.7. The first-order valence-electron chi connectivity index (χ1n) is 7.26.